The Morgan fingerprint density at radius 1 is 1.15 bits per heavy atom. The Hall–Kier alpha value is -2.26. The minimum absolute atomic E-state index is 0.527. The maximum atomic E-state index is 5.81. The maximum Gasteiger partial charge on any atom is 0.124 e. The summed E-state index contributed by atoms with van der Waals surface area (Å²) in [5, 5.41) is 1.30. The summed E-state index contributed by atoms with van der Waals surface area (Å²) in [7, 11) is 1.80. The number of aryl methyl sites for hydroxylation is 1. The van der Waals surface area contributed by atoms with E-state index in [-0.39, 0.29) is 0 Å². The number of rotatable bonds is 4. The van der Waals surface area contributed by atoms with Gasteiger partial charge in [-0.1, -0.05) is 36.8 Å². The zero-order chi connectivity index (χ0) is 18.4. The van der Waals surface area contributed by atoms with Crippen molar-refractivity contribution in [3.05, 3.63) is 65.4 Å². The lowest BCUT2D eigenvalue weighted by atomic mass is 9.89. The molecule has 0 amide bonds. The molecular weight excluding hydrogens is 332 g/mol. The highest BCUT2D eigenvalue weighted by Gasteiger charge is 2.44. The molecule has 1 aromatic heterocycles. The number of benzene rings is 2. The molecule has 3 unspecified atom stereocenters. The van der Waals surface area contributed by atoms with Gasteiger partial charge in [0.05, 0.1) is 7.11 Å². The fourth-order valence-electron chi connectivity index (χ4n) is 5.65. The molecule has 1 saturated heterocycles. The highest BCUT2D eigenvalue weighted by molar-refractivity contribution is 5.88. The van der Waals surface area contributed by atoms with Crippen LogP contribution < -0.4 is 4.74 Å². The molecule has 140 valence electrons. The van der Waals surface area contributed by atoms with Crippen LogP contribution in [0.2, 0.25) is 0 Å². The zero-order valence-corrected chi connectivity index (χ0v) is 16.2. The number of nitrogens with one attached hydrogen (secondary N) is 1. The summed E-state index contributed by atoms with van der Waals surface area (Å²) < 4.78 is 5.81. The van der Waals surface area contributed by atoms with Gasteiger partial charge in [-0.25, -0.2) is 0 Å². The van der Waals surface area contributed by atoms with E-state index in [1.54, 1.807) is 7.11 Å². The molecular formula is C24H28N2O. The van der Waals surface area contributed by atoms with Crippen molar-refractivity contribution in [3.63, 3.8) is 0 Å². The van der Waals surface area contributed by atoms with Crippen LogP contribution in [0.3, 0.4) is 0 Å². The molecule has 2 fully saturated rings. The van der Waals surface area contributed by atoms with Crippen LogP contribution in [0.4, 0.5) is 0 Å². The van der Waals surface area contributed by atoms with Gasteiger partial charge in [0, 0.05) is 41.8 Å². The second-order valence-electron chi connectivity index (χ2n) is 8.28. The van der Waals surface area contributed by atoms with Crippen LogP contribution in [0.25, 0.3) is 10.9 Å². The summed E-state index contributed by atoms with van der Waals surface area (Å²) in [6.45, 7) is 4.30. The van der Waals surface area contributed by atoms with E-state index in [9.17, 15) is 0 Å². The van der Waals surface area contributed by atoms with E-state index in [1.165, 1.54) is 53.4 Å². The van der Waals surface area contributed by atoms with E-state index in [0.717, 1.165) is 24.1 Å². The van der Waals surface area contributed by atoms with Crippen molar-refractivity contribution in [2.24, 2.45) is 11.8 Å². The third-order valence-electron chi connectivity index (χ3n) is 6.82. The molecule has 3 nitrogen and oxygen atoms in total. The first kappa shape index (κ1) is 16.9. The standard InChI is InChI=1S/C24H28N2O/c1-16-13-22(27-2)21(20-11-12-25-23(16)20)15-26-14-18-9-6-10-19(18)24(26)17-7-4-3-5-8-17/h3-5,7-8,11-13,18-19,24-25H,6,9-10,14-15H2,1-2H3. The first-order valence-corrected chi connectivity index (χ1v) is 10.2. The summed E-state index contributed by atoms with van der Waals surface area (Å²) in [5.41, 5.74) is 5.28. The van der Waals surface area contributed by atoms with Crippen molar-refractivity contribution < 1.29 is 4.74 Å². The second kappa shape index (κ2) is 6.72. The molecule has 27 heavy (non-hydrogen) atoms. The summed E-state index contributed by atoms with van der Waals surface area (Å²) in [4.78, 5) is 6.12. The van der Waals surface area contributed by atoms with E-state index in [4.69, 9.17) is 4.74 Å². The van der Waals surface area contributed by atoms with Crippen molar-refractivity contribution in [3.8, 4) is 5.75 Å². The average molecular weight is 361 g/mol. The second-order valence-corrected chi connectivity index (χ2v) is 8.28. The van der Waals surface area contributed by atoms with E-state index >= 15 is 0 Å². The largest absolute Gasteiger partial charge is 0.496 e. The first-order chi connectivity index (χ1) is 13.3. The highest BCUT2D eigenvalue weighted by Crippen LogP contribution is 2.50. The first-order valence-electron chi connectivity index (χ1n) is 10.2. The number of aromatic amines is 1. The molecule has 1 N–H and O–H groups in total. The lowest BCUT2D eigenvalue weighted by Gasteiger charge is -2.29. The molecule has 1 saturated carbocycles. The fourth-order valence-corrected chi connectivity index (χ4v) is 5.65. The Morgan fingerprint density at radius 2 is 2.00 bits per heavy atom. The predicted molar refractivity (Wildman–Crippen MR) is 110 cm³/mol. The number of methoxy groups -OCH3 is 1. The van der Waals surface area contributed by atoms with E-state index in [0.29, 0.717) is 6.04 Å². The summed E-state index contributed by atoms with van der Waals surface area (Å²) >= 11 is 0. The Bertz CT molecular complexity index is 946. The molecule has 1 aliphatic heterocycles. The number of likely N-dealkylation sites (tertiary alicyclic amines) is 1. The van der Waals surface area contributed by atoms with Gasteiger partial charge in [-0.2, -0.15) is 0 Å². The molecule has 1 aliphatic carbocycles. The van der Waals surface area contributed by atoms with Crippen LogP contribution in [-0.4, -0.2) is 23.5 Å². The molecule has 0 spiro atoms. The molecule has 3 atom stereocenters. The van der Waals surface area contributed by atoms with Gasteiger partial charge in [-0.05, 0) is 54.9 Å². The summed E-state index contributed by atoms with van der Waals surface area (Å²) in [6, 6.07) is 16.0. The number of H-pyrrole nitrogens is 1. The minimum atomic E-state index is 0.527. The number of nitrogens with zero attached hydrogens (tertiary/aromatic N) is 1. The number of hydrogen-bond donors (Lipinski definition) is 1. The van der Waals surface area contributed by atoms with E-state index in [1.807, 2.05) is 6.20 Å². The summed E-state index contributed by atoms with van der Waals surface area (Å²) in [6.07, 6.45) is 6.19. The van der Waals surface area contributed by atoms with Crippen LogP contribution >= 0.6 is 0 Å². The quantitative estimate of drug-likeness (QED) is 0.669. The van der Waals surface area contributed by atoms with Crippen LogP contribution in [-0.2, 0) is 6.54 Å². The molecule has 3 aromatic rings. The van der Waals surface area contributed by atoms with Crippen molar-refractivity contribution in [2.75, 3.05) is 13.7 Å². The molecule has 2 aromatic carbocycles. The Labute approximate surface area is 161 Å². The van der Waals surface area contributed by atoms with Crippen LogP contribution in [0.1, 0.15) is 42.0 Å². The molecule has 0 bridgehead atoms. The molecule has 2 heterocycles. The van der Waals surface area contributed by atoms with E-state index in [2.05, 4.69) is 59.3 Å². The summed E-state index contributed by atoms with van der Waals surface area (Å²) in [5.74, 6) is 2.65. The SMILES string of the molecule is COc1cc(C)c2[nH]ccc2c1CN1CC2CCCC2C1c1ccccc1. The molecule has 5 rings (SSSR count). The fraction of sp³-hybridized carbons (Fsp3) is 0.417. The topological polar surface area (TPSA) is 28.3 Å². The minimum Gasteiger partial charge on any atom is -0.496 e. The van der Waals surface area contributed by atoms with Gasteiger partial charge >= 0.3 is 0 Å². The maximum absolute atomic E-state index is 5.81. The Kier molecular flexibility index (Phi) is 4.20. The zero-order valence-electron chi connectivity index (χ0n) is 16.2. The number of hydrogen-bond acceptors (Lipinski definition) is 2. The monoisotopic (exact) mass is 360 g/mol. The van der Waals surface area contributed by atoms with Gasteiger partial charge in [0.2, 0.25) is 0 Å². The van der Waals surface area contributed by atoms with Gasteiger partial charge in [-0.15, -0.1) is 0 Å². The lowest BCUT2D eigenvalue weighted by molar-refractivity contribution is 0.213. The normalized spacial score (nSPS) is 25.2. The number of ether oxygens (including phenoxy) is 1. The van der Waals surface area contributed by atoms with Gasteiger partial charge in [0.25, 0.3) is 0 Å². The van der Waals surface area contributed by atoms with Crippen LogP contribution in [0.15, 0.2) is 48.7 Å². The van der Waals surface area contributed by atoms with Crippen molar-refractivity contribution >= 4 is 10.9 Å². The van der Waals surface area contributed by atoms with Gasteiger partial charge < -0.3 is 9.72 Å². The lowest BCUT2D eigenvalue weighted by Crippen LogP contribution is -2.26. The average Bonchev–Trinajstić information content (AvgIpc) is 3.40. The number of aromatic nitrogens is 1. The highest BCUT2D eigenvalue weighted by atomic mass is 16.5. The molecule has 3 heteroatoms. The third-order valence-corrected chi connectivity index (χ3v) is 6.82. The smallest absolute Gasteiger partial charge is 0.124 e. The van der Waals surface area contributed by atoms with Gasteiger partial charge in [0.15, 0.2) is 0 Å². The number of fused-ring (bicyclic) bond motifs is 2. The van der Waals surface area contributed by atoms with Crippen molar-refractivity contribution in [2.45, 2.75) is 38.8 Å². The van der Waals surface area contributed by atoms with Crippen LogP contribution in [0, 0.1) is 18.8 Å². The van der Waals surface area contributed by atoms with Crippen molar-refractivity contribution in [1.29, 1.82) is 0 Å². The van der Waals surface area contributed by atoms with Gasteiger partial charge in [0.1, 0.15) is 5.75 Å². The van der Waals surface area contributed by atoms with Crippen LogP contribution in [0.5, 0.6) is 5.75 Å². The predicted octanol–water partition coefficient (Wildman–Crippen LogP) is 5.46. The Balaban J connectivity index is 1.56. The van der Waals surface area contributed by atoms with E-state index < -0.39 is 0 Å². The Morgan fingerprint density at radius 3 is 2.81 bits per heavy atom. The molecule has 0 radical (unpaired) electrons. The molecule has 2 aliphatic rings. The van der Waals surface area contributed by atoms with Gasteiger partial charge in [-0.3, -0.25) is 4.90 Å². The van der Waals surface area contributed by atoms with Crippen molar-refractivity contribution in [1.82, 2.24) is 9.88 Å². The third kappa shape index (κ3) is 2.76.